The Morgan fingerprint density at radius 3 is 2.62 bits per heavy atom. The first-order chi connectivity index (χ1) is 15.2. The number of hydrogen-bond donors (Lipinski definition) is 1. The Morgan fingerprint density at radius 1 is 1.22 bits per heavy atom. The smallest absolute Gasteiger partial charge is 0.219 e. The van der Waals surface area contributed by atoms with Gasteiger partial charge in [-0.15, -0.1) is 0 Å². The van der Waals surface area contributed by atoms with Crippen molar-refractivity contribution in [3.8, 4) is 5.75 Å². The number of carbonyl (C=O) groups excluding carboxylic acids is 1. The molecular formula is C23H26BrN3O4S. The van der Waals surface area contributed by atoms with Crippen molar-refractivity contribution >= 4 is 42.6 Å². The third-order valence-electron chi connectivity index (χ3n) is 6.02. The number of carbonyl (C=O) groups is 1. The molecule has 2 atom stereocenters. The predicted octanol–water partition coefficient (Wildman–Crippen LogP) is 3.96. The number of fused-ring (bicyclic) bond motifs is 1. The second kappa shape index (κ2) is 8.88. The van der Waals surface area contributed by atoms with Crippen molar-refractivity contribution in [3.05, 3.63) is 58.7 Å². The summed E-state index contributed by atoms with van der Waals surface area (Å²) in [5.41, 5.74) is 1.50. The molecular weight excluding hydrogens is 494 g/mol. The van der Waals surface area contributed by atoms with Gasteiger partial charge in [-0.05, 0) is 53.2 Å². The van der Waals surface area contributed by atoms with Gasteiger partial charge >= 0.3 is 0 Å². The Bertz CT molecular complexity index is 1260. The third kappa shape index (κ3) is 4.04. The number of ether oxygens (including phenoxy) is 1. The van der Waals surface area contributed by atoms with Crippen LogP contribution in [0.2, 0.25) is 0 Å². The van der Waals surface area contributed by atoms with Crippen LogP contribution >= 0.6 is 15.9 Å². The van der Waals surface area contributed by atoms with E-state index in [2.05, 4.69) is 20.9 Å². The lowest BCUT2D eigenvalue weighted by Gasteiger charge is -2.42. The molecule has 1 N–H and O–H groups in total. The molecule has 1 aliphatic heterocycles. The van der Waals surface area contributed by atoms with E-state index in [0.717, 1.165) is 10.9 Å². The molecule has 2 aromatic carbocycles. The molecule has 1 amide bonds. The van der Waals surface area contributed by atoms with Gasteiger partial charge in [-0.25, -0.2) is 8.42 Å². The van der Waals surface area contributed by atoms with Crippen molar-refractivity contribution in [1.82, 2.24) is 14.8 Å². The Hall–Kier alpha value is -2.36. The van der Waals surface area contributed by atoms with E-state index in [1.807, 2.05) is 30.0 Å². The fourth-order valence-corrected chi connectivity index (χ4v) is 7.40. The summed E-state index contributed by atoms with van der Waals surface area (Å²) in [5.74, 6) is 0.657. The van der Waals surface area contributed by atoms with E-state index in [0.29, 0.717) is 35.4 Å². The third-order valence-corrected chi connectivity index (χ3v) is 9.08. The zero-order valence-corrected chi connectivity index (χ0v) is 20.6. The fraction of sp³-hybridized carbons (Fsp3) is 0.348. The van der Waals surface area contributed by atoms with Crippen LogP contribution in [0.4, 0.5) is 0 Å². The number of nitrogens with one attached hydrogen (secondary N) is 1. The maximum Gasteiger partial charge on any atom is 0.219 e. The topological polar surface area (TPSA) is 82.7 Å². The maximum absolute atomic E-state index is 14.1. The first-order valence-electron chi connectivity index (χ1n) is 10.4. The van der Waals surface area contributed by atoms with Gasteiger partial charge in [0.05, 0.1) is 12.0 Å². The minimum atomic E-state index is -3.81. The highest BCUT2D eigenvalue weighted by Gasteiger charge is 2.40. The number of amides is 1. The van der Waals surface area contributed by atoms with Crippen molar-refractivity contribution in [1.29, 1.82) is 0 Å². The molecule has 170 valence electrons. The number of hydrogen-bond acceptors (Lipinski definition) is 5. The zero-order valence-electron chi connectivity index (χ0n) is 18.2. The minimum absolute atomic E-state index is 0.000749. The van der Waals surface area contributed by atoms with Crippen molar-refractivity contribution in [3.63, 3.8) is 0 Å². The summed E-state index contributed by atoms with van der Waals surface area (Å²) in [6, 6.07) is 12.4. The normalized spacial score (nSPS) is 18.6. The molecule has 0 saturated carbocycles. The largest absolute Gasteiger partial charge is 0.497 e. The first-order valence-corrected chi connectivity index (χ1v) is 12.7. The van der Waals surface area contributed by atoms with E-state index in [-0.39, 0.29) is 16.8 Å². The number of halogens is 1. The Kier molecular flexibility index (Phi) is 6.33. The van der Waals surface area contributed by atoms with Gasteiger partial charge in [0, 0.05) is 59.7 Å². The SMILES string of the molecule is COc1ccc2[nH]cc(C(N3CCN(C(C)=O)C(C)C3)S(=O)(=O)c3ccccc3Br)c2c1. The number of sulfone groups is 1. The Morgan fingerprint density at radius 2 is 1.97 bits per heavy atom. The van der Waals surface area contributed by atoms with Crippen LogP contribution in [0, 0.1) is 0 Å². The summed E-state index contributed by atoms with van der Waals surface area (Å²) in [4.78, 5) is 19.2. The summed E-state index contributed by atoms with van der Waals surface area (Å²) < 4.78 is 34.1. The summed E-state index contributed by atoms with van der Waals surface area (Å²) in [6.07, 6.45) is 1.77. The molecule has 3 aromatic rings. The molecule has 9 heteroatoms. The second-order valence-electron chi connectivity index (χ2n) is 8.04. The average Bonchev–Trinajstić information content (AvgIpc) is 3.16. The highest BCUT2D eigenvalue weighted by molar-refractivity contribution is 9.10. The Labute approximate surface area is 196 Å². The van der Waals surface area contributed by atoms with Crippen LogP contribution in [-0.2, 0) is 14.6 Å². The van der Waals surface area contributed by atoms with Gasteiger partial charge in [0.15, 0.2) is 9.84 Å². The second-order valence-corrected chi connectivity index (χ2v) is 10.9. The van der Waals surface area contributed by atoms with Crippen LogP contribution in [0.15, 0.2) is 58.0 Å². The van der Waals surface area contributed by atoms with Crippen LogP contribution in [0.5, 0.6) is 5.75 Å². The molecule has 1 fully saturated rings. The molecule has 2 heterocycles. The molecule has 4 rings (SSSR count). The minimum Gasteiger partial charge on any atom is -0.497 e. The monoisotopic (exact) mass is 519 g/mol. The van der Waals surface area contributed by atoms with Gasteiger partial charge in [0.1, 0.15) is 11.1 Å². The van der Waals surface area contributed by atoms with Gasteiger partial charge in [-0.2, -0.15) is 0 Å². The molecule has 1 aliphatic rings. The highest BCUT2D eigenvalue weighted by Crippen LogP contribution is 2.40. The van der Waals surface area contributed by atoms with E-state index in [1.165, 1.54) is 0 Å². The molecule has 0 aliphatic carbocycles. The average molecular weight is 520 g/mol. The number of aromatic amines is 1. The van der Waals surface area contributed by atoms with Gasteiger partial charge in [-0.3, -0.25) is 9.69 Å². The predicted molar refractivity (Wildman–Crippen MR) is 127 cm³/mol. The van der Waals surface area contributed by atoms with Crippen molar-refractivity contribution in [2.45, 2.75) is 30.2 Å². The van der Waals surface area contributed by atoms with E-state index in [1.54, 1.807) is 49.4 Å². The summed E-state index contributed by atoms with van der Waals surface area (Å²) in [5, 5.41) is -0.120. The van der Waals surface area contributed by atoms with Gasteiger partial charge < -0.3 is 14.6 Å². The lowest BCUT2D eigenvalue weighted by molar-refractivity contribution is -0.133. The van der Waals surface area contributed by atoms with Crippen LogP contribution in [-0.4, -0.2) is 61.9 Å². The van der Waals surface area contributed by atoms with Crippen molar-refractivity contribution in [2.75, 3.05) is 26.7 Å². The molecule has 0 spiro atoms. The number of methoxy groups -OCH3 is 1. The lowest BCUT2D eigenvalue weighted by Crippen LogP contribution is -2.55. The molecule has 32 heavy (non-hydrogen) atoms. The number of rotatable bonds is 5. The van der Waals surface area contributed by atoms with E-state index in [9.17, 15) is 13.2 Å². The van der Waals surface area contributed by atoms with Gasteiger partial charge in [-0.1, -0.05) is 12.1 Å². The molecule has 0 bridgehead atoms. The number of nitrogens with zero attached hydrogens (tertiary/aromatic N) is 2. The van der Waals surface area contributed by atoms with Crippen LogP contribution in [0.3, 0.4) is 0 Å². The molecule has 1 saturated heterocycles. The lowest BCUT2D eigenvalue weighted by atomic mass is 10.1. The van der Waals surface area contributed by atoms with Gasteiger partial charge in [0.25, 0.3) is 0 Å². The van der Waals surface area contributed by atoms with Crippen LogP contribution in [0.25, 0.3) is 10.9 Å². The maximum atomic E-state index is 14.1. The van der Waals surface area contributed by atoms with E-state index >= 15 is 0 Å². The van der Waals surface area contributed by atoms with Crippen LogP contribution < -0.4 is 4.74 Å². The quantitative estimate of drug-likeness (QED) is 0.551. The summed E-state index contributed by atoms with van der Waals surface area (Å²) in [6.45, 7) is 4.88. The highest BCUT2D eigenvalue weighted by atomic mass is 79.9. The molecule has 0 radical (unpaired) electrons. The van der Waals surface area contributed by atoms with Crippen molar-refractivity contribution in [2.24, 2.45) is 0 Å². The first kappa shape index (κ1) is 22.8. The zero-order chi connectivity index (χ0) is 23.0. The molecule has 2 unspecified atom stereocenters. The number of aromatic nitrogens is 1. The standard InChI is InChI=1S/C23H26BrN3O4S/c1-15-14-26(10-11-27(15)16(2)28)23(32(29,30)22-7-5-4-6-20(22)24)19-13-25-21-9-8-17(31-3)12-18(19)21/h4-9,12-13,15,23,25H,10-11,14H2,1-3H3. The number of H-pyrrole nitrogens is 1. The van der Waals surface area contributed by atoms with E-state index < -0.39 is 15.2 Å². The number of benzene rings is 2. The van der Waals surface area contributed by atoms with E-state index in [4.69, 9.17) is 4.74 Å². The summed E-state index contributed by atoms with van der Waals surface area (Å²) >= 11 is 3.42. The summed E-state index contributed by atoms with van der Waals surface area (Å²) in [7, 11) is -2.22. The number of piperazine rings is 1. The molecule has 1 aromatic heterocycles. The van der Waals surface area contributed by atoms with Gasteiger partial charge in [0.2, 0.25) is 5.91 Å². The Balaban J connectivity index is 1.87. The van der Waals surface area contributed by atoms with Crippen LogP contribution in [0.1, 0.15) is 24.8 Å². The molecule has 7 nitrogen and oxygen atoms in total. The fourth-order valence-electron chi connectivity index (χ4n) is 4.48. The van der Waals surface area contributed by atoms with Crippen molar-refractivity contribution < 1.29 is 17.9 Å².